The van der Waals surface area contributed by atoms with E-state index in [0.717, 1.165) is 6.07 Å². The summed E-state index contributed by atoms with van der Waals surface area (Å²) in [6, 6.07) is 2.19. The van der Waals surface area contributed by atoms with Crippen LogP contribution in [0.5, 0.6) is 5.75 Å². The highest BCUT2D eigenvalue weighted by atomic mass is 32.2. The summed E-state index contributed by atoms with van der Waals surface area (Å²) in [5.74, 6) is -1.97. The molecule has 9 nitrogen and oxygen atoms in total. The molecule has 31 heavy (non-hydrogen) atoms. The van der Waals surface area contributed by atoms with Crippen LogP contribution in [0.2, 0.25) is 0 Å². The van der Waals surface area contributed by atoms with Crippen LogP contribution in [-0.4, -0.2) is 54.5 Å². The highest BCUT2D eigenvalue weighted by molar-refractivity contribution is 7.88. The summed E-state index contributed by atoms with van der Waals surface area (Å²) in [5, 5.41) is 2.27. The standard InChI is InChI=1S/C18H22F3N3O6S/c1-11-5-6-13(30-31(27,28)18(19,20)21)14(22-11)23-15(25)12-7-9-24(10-8-12)16(26)29-17(2,3)4/h5-7H,8-10H2,1-4H3,(H,22,23,25). The maximum atomic E-state index is 12.6. The van der Waals surface area contributed by atoms with Crippen LogP contribution in [0.15, 0.2) is 23.8 Å². The van der Waals surface area contributed by atoms with Gasteiger partial charge in [-0.1, -0.05) is 6.08 Å². The normalized spacial score (nSPS) is 15.2. The summed E-state index contributed by atoms with van der Waals surface area (Å²) in [7, 11) is -5.94. The molecule has 0 spiro atoms. The maximum Gasteiger partial charge on any atom is 0.534 e. The van der Waals surface area contributed by atoms with E-state index in [1.54, 1.807) is 20.8 Å². The topological polar surface area (TPSA) is 115 Å². The average Bonchev–Trinajstić information content (AvgIpc) is 2.61. The Bertz CT molecular complexity index is 1000. The second-order valence-corrected chi connectivity index (χ2v) is 9.18. The molecule has 0 fully saturated rings. The van der Waals surface area contributed by atoms with Gasteiger partial charge in [-0.3, -0.25) is 4.79 Å². The molecule has 0 bridgehead atoms. The number of pyridine rings is 1. The van der Waals surface area contributed by atoms with Crippen LogP contribution in [-0.2, 0) is 19.6 Å². The Kier molecular flexibility index (Phi) is 6.88. The predicted molar refractivity (Wildman–Crippen MR) is 104 cm³/mol. The number of alkyl halides is 3. The lowest BCUT2D eigenvalue weighted by Crippen LogP contribution is -2.40. The van der Waals surface area contributed by atoms with Gasteiger partial charge >= 0.3 is 21.7 Å². The number of hydrogen-bond donors (Lipinski definition) is 1. The molecule has 0 saturated heterocycles. The first-order chi connectivity index (χ1) is 14.1. The molecule has 13 heteroatoms. The first-order valence-corrected chi connectivity index (χ1v) is 10.5. The van der Waals surface area contributed by atoms with E-state index in [2.05, 4.69) is 14.5 Å². The largest absolute Gasteiger partial charge is 0.534 e. The first-order valence-electron chi connectivity index (χ1n) is 9.06. The van der Waals surface area contributed by atoms with Crippen molar-refractivity contribution in [1.29, 1.82) is 0 Å². The Hall–Kier alpha value is -2.83. The van der Waals surface area contributed by atoms with Gasteiger partial charge in [0.15, 0.2) is 11.6 Å². The van der Waals surface area contributed by atoms with Gasteiger partial charge in [0.2, 0.25) is 0 Å². The Labute approximate surface area is 177 Å². The Morgan fingerprint density at radius 1 is 1.19 bits per heavy atom. The van der Waals surface area contributed by atoms with E-state index in [9.17, 15) is 31.2 Å². The summed E-state index contributed by atoms with van der Waals surface area (Å²) in [5.41, 5.74) is -5.77. The van der Waals surface area contributed by atoms with E-state index in [0.29, 0.717) is 5.69 Å². The van der Waals surface area contributed by atoms with Gasteiger partial charge in [0.1, 0.15) is 5.60 Å². The fourth-order valence-electron chi connectivity index (χ4n) is 2.42. The van der Waals surface area contributed by atoms with Gasteiger partial charge in [-0.05, 0) is 46.2 Å². The second-order valence-electron chi connectivity index (χ2n) is 7.64. The number of nitrogens with zero attached hydrogens (tertiary/aromatic N) is 2. The van der Waals surface area contributed by atoms with E-state index in [1.165, 1.54) is 24.0 Å². The molecule has 0 unspecified atom stereocenters. The third kappa shape index (κ3) is 6.57. The lowest BCUT2D eigenvalue weighted by Gasteiger charge is -2.29. The van der Waals surface area contributed by atoms with E-state index in [1.807, 2.05) is 0 Å². The van der Waals surface area contributed by atoms with Crippen LogP contribution < -0.4 is 9.50 Å². The van der Waals surface area contributed by atoms with Gasteiger partial charge in [0.25, 0.3) is 5.91 Å². The molecular weight excluding hydrogens is 443 g/mol. The predicted octanol–water partition coefficient (Wildman–Crippen LogP) is 3.12. The van der Waals surface area contributed by atoms with Gasteiger partial charge in [-0.15, -0.1) is 0 Å². The monoisotopic (exact) mass is 465 g/mol. The van der Waals surface area contributed by atoms with Crippen molar-refractivity contribution in [3.05, 3.63) is 29.5 Å². The number of nitrogens with one attached hydrogen (secondary N) is 1. The summed E-state index contributed by atoms with van der Waals surface area (Å²) >= 11 is 0. The number of halogens is 3. The molecule has 1 aliphatic rings. The Balaban J connectivity index is 2.14. The zero-order valence-corrected chi connectivity index (χ0v) is 18.1. The third-order valence-corrected chi connectivity index (χ3v) is 4.83. The molecule has 1 N–H and O–H groups in total. The maximum absolute atomic E-state index is 12.6. The number of amides is 2. The molecular formula is C18H22F3N3O6S. The fourth-order valence-corrected chi connectivity index (χ4v) is 2.89. The van der Waals surface area contributed by atoms with Crippen molar-refractivity contribution in [2.45, 2.75) is 45.2 Å². The summed E-state index contributed by atoms with van der Waals surface area (Å²) in [6.07, 6.45) is 1.07. The molecule has 1 aliphatic heterocycles. The molecule has 2 amide bonds. The quantitative estimate of drug-likeness (QED) is 0.537. The number of anilines is 1. The molecule has 2 rings (SSSR count). The number of aryl methyl sites for hydroxylation is 1. The molecule has 0 aliphatic carbocycles. The van der Waals surface area contributed by atoms with Crippen LogP contribution >= 0.6 is 0 Å². The number of carbonyl (C=O) groups excluding carboxylic acids is 2. The van der Waals surface area contributed by atoms with E-state index in [4.69, 9.17) is 4.74 Å². The van der Waals surface area contributed by atoms with Crippen molar-refractivity contribution < 1.29 is 40.1 Å². The molecule has 1 aromatic rings. The van der Waals surface area contributed by atoms with E-state index < -0.39 is 44.8 Å². The molecule has 0 saturated carbocycles. The lowest BCUT2D eigenvalue weighted by atomic mass is 10.1. The molecule has 0 aromatic carbocycles. The van der Waals surface area contributed by atoms with Gasteiger partial charge in [0.05, 0.1) is 0 Å². The SMILES string of the molecule is Cc1ccc(OS(=O)(=O)C(F)(F)F)c(NC(=O)C2=CCN(C(=O)OC(C)(C)C)CC2)n1. The fraction of sp³-hybridized carbons (Fsp3) is 0.500. The Morgan fingerprint density at radius 2 is 1.84 bits per heavy atom. The van der Waals surface area contributed by atoms with Crippen molar-refractivity contribution in [2.75, 3.05) is 18.4 Å². The minimum atomic E-state index is -5.94. The van der Waals surface area contributed by atoms with Gasteiger partial charge in [0, 0.05) is 24.4 Å². The molecule has 0 radical (unpaired) electrons. The van der Waals surface area contributed by atoms with Crippen LogP contribution in [0, 0.1) is 6.92 Å². The first kappa shape index (κ1) is 24.4. The minimum Gasteiger partial charge on any atom is -0.444 e. The van der Waals surface area contributed by atoms with Crippen LogP contribution in [0.25, 0.3) is 0 Å². The Morgan fingerprint density at radius 3 is 2.35 bits per heavy atom. The highest BCUT2D eigenvalue weighted by Gasteiger charge is 2.49. The van der Waals surface area contributed by atoms with Gasteiger partial charge in [-0.2, -0.15) is 21.6 Å². The van der Waals surface area contributed by atoms with Crippen LogP contribution in [0.3, 0.4) is 0 Å². The number of carbonyl (C=O) groups is 2. The third-order valence-electron chi connectivity index (χ3n) is 3.86. The van der Waals surface area contributed by atoms with E-state index in [-0.39, 0.29) is 25.1 Å². The second kappa shape index (κ2) is 8.73. The summed E-state index contributed by atoms with van der Waals surface area (Å²) in [4.78, 5) is 29.8. The highest BCUT2D eigenvalue weighted by Crippen LogP contribution is 2.31. The minimum absolute atomic E-state index is 0.0880. The van der Waals surface area contributed by atoms with Crippen LogP contribution in [0.1, 0.15) is 32.9 Å². The summed E-state index contributed by atoms with van der Waals surface area (Å²) < 4.78 is 69.8. The molecule has 2 heterocycles. The number of ether oxygens (including phenoxy) is 1. The number of hydrogen-bond acceptors (Lipinski definition) is 7. The average molecular weight is 465 g/mol. The van der Waals surface area contributed by atoms with Crippen molar-refractivity contribution in [2.24, 2.45) is 0 Å². The van der Waals surface area contributed by atoms with Gasteiger partial charge in [-0.25, -0.2) is 9.78 Å². The zero-order chi connectivity index (χ0) is 23.6. The summed E-state index contributed by atoms with van der Waals surface area (Å²) in [6.45, 7) is 6.92. The van der Waals surface area contributed by atoms with Gasteiger partial charge < -0.3 is 19.1 Å². The molecule has 0 atom stereocenters. The van der Waals surface area contributed by atoms with Crippen LogP contribution in [0.4, 0.5) is 23.8 Å². The zero-order valence-electron chi connectivity index (χ0n) is 17.2. The van der Waals surface area contributed by atoms with Crippen molar-refractivity contribution in [1.82, 2.24) is 9.88 Å². The van der Waals surface area contributed by atoms with Crippen molar-refractivity contribution in [3.8, 4) is 5.75 Å². The smallest absolute Gasteiger partial charge is 0.444 e. The molecule has 1 aromatic heterocycles. The molecule has 172 valence electrons. The lowest BCUT2D eigenvalue weighted by molar-refractivity contribution is -0.113. The van der Waals surface area contributed by atoms with Crippen molar-refractivity contribution >= 4 is 27.9 Å². The number of rotatable bonds is 4. The van der Waals surface area contributed by atoms with E-state index >= 15 is 0 Å². The van der Waals surface area contributed by atoms with Crippen molar-refractivity contribution in [3.63, 3.8) is 0 Å². The number of aromatic nitrogens is 1.